The second-order valence-electron chi connectivity index (χ2n) is 5.18. The molecule has 0 saturated carbocycles. The molecule has 2 rings (SSSR count). The van der Waals surface area contributed by atoms with Crippen LogP contribution in [0, 0.1) is 6.92 Å². The highest BCUT2D eigenvalue weighted by Gasteiger charge is 2.31. The minimum absolute atomic E-state index is 0.591. The molecule has 0 heterocycles. The summed E-state index contributed by atoms with van der Waals surface area (Å²) in [5, 5.41) is 0. The molecule has 0 unspecified atom stereocenters. The van der Waals surface area contributed by atoms with E-state index in [1.165, 1.54) is 11.6 Å². The first kappa shape index (κ1) is 15.6. The smallest absolute Gasteiger partial charge is 0.166 e. The van der Waals surface area contributed by atoms with Crippen molar-refractivity contribution in [3.05, 3.63) is 58.7 Å². The fraction of sp³-hybridized carbons (Fsp3) is 0.333. The molecule has 2 aromatic carbocycles. The summed E-state index contributed by atoms with van der Waals surface area (Å²) < 4.78 is 38.8. The molecule has 3 heteroatoms. The van der Waals surface area contributed by atoms with Crippen LogP contribution in [0.2, 0.25) is 0 Å². The zero-order valence-electron chi connectivity index (χ0n) is 12.5. The van der Waals surface area contributed by atoms with Crippen molar-refractivity contribution >= 4 is 0 Å². The highest BCUT2D eigenvalue weighted by molar-refractivity contribution is 5.72. The first-order valence-corrected chi connectivity index (χ1v) is 7.17. The Hall–Kier alpha value is -1.77. The van der Waals surface area contributed by atoms with E-state index >= 15 is 0 Å². The summed E-state index contributed by atoms with van der Waals surface area (Å²) in [5.41, 5.74) is 4.21. The second-order valence-corrected chi connectivity index (χ2v) is 5.18. The topological polar surface area (TPSA) is 0 Å². The zero-order chi connectivity index (χ0) is 15.6. The molecule has 0 fully saturated rings. The summed E-state index contributed by atoms with van der Waals surface area (Å²) in [6, 6.07) is 9.85. The van der Waals surface area contributed by atoms with E-state index in [1.807, 2.05) is 32.0 Å². The van der Waals surface area contributed by atoms with Crippen LogP contribution in [0.4, 0.5) is 13.2 Å². The Morgan fingerprint density at radius 1 is 0.905 bits per heavy atom. The van der Waals surface area contributed by atoms with Crippen LogP contribution in [0.25, 0.3) is 11.1 Å². The number of rotatable bonds is 3. The third kappa shape index (κ3) is 3.12. The summed E-state index contributed by atoms with van der Waals surface area (Å²) in [6.07, 6.45) is -2.61. The van der Waals surface area contributed by atoms with Gasteiger partial charge in [-0.25, -0.2) is 0 Å². The molecule has 0 aromatic heterocycles. The Bertz CT molecular complexity index is 639. The average Bonchev–Trinajstić information content (AvgIpc) is 2.45. The molecule has 21 heavy (non-hydrogen) atoms. The van der Waals surface area contributed by atoms with Crippen molar-refractivity contribution in [2.24, 2.45) is 0 Å². The van der Waals surface area contributed by atoms with E-state index in [2.05, 4.69) is 6.92 Å². The van der Waals surface area contributed by atoms with E-state index in [1.54, 1.807) is 6.07 Å². The van der Waals surface area contributed by atoms with E-state index in [4.69, 9.17) is 0 Å². The van der Waals surface area contributed by atoms with Crippen LogP contribution in [-0.2, 0) is 19.0 Å². The van der Waals surface area contributed by atoms with Gasteiger partial charge in [0.25, 0.3) is 0 Å². The third-order valence-electron chi connectivity index (χ3n) is 3.86. The lowest BCUT2D eigenvalue weighted by Gasteiger charge is -2.16. The molecule has 0 radical (unpaired) electrons. The molecule has 0 spiro atoms. The molecule has 0 aliphatic rings. The molecule has 0 saturated heterocycles. The molecule has 0 bridgehead atoms. The largest absolute Gasteiger partial charge is 0.416 e. The Labute approximate surface area is 123 Å². The van der Waals surface area contributed by atoms with Crippen molar-refractivity contribution in [3.8, 4) is 11.1 Å². The standard InChI is InChI=1S/C18H19F3/c1-4-13-7-6-8-16(15(13)5-2)17-11-14(18(19,20)21)10-9-12(17)3/h6-11H,4-5H2,1-3H3. The SMILES string of the molecule is CCc1cccc(-c2cc(C(F)(F)F)ccc2C)c1CC. The van der Waals surface area contributed by atoms with Crippen molar-refractivity contribution in [2.75, 3.05) is 0 Å². The zero-order valence-corrected chi connectivity index (χ0v) is 12.5. The number of aryl methyl sites for hydroxylation is 2. The van der Waals surface area contributed by atoms with E-state index in [9.17, 15) is 13.2 Å². The highest BCUT2D eigenvalue weighted by atomic mass is 19.4. The fourth-order valence-corrected chi connectivity index (χ4v) is 2.72. The monoisotopic (exact) mass is 292 g/mol. The van der Waals surface area contributed by atoms with Crippen LogP contribution in [0.1, 0.15) is 36.1 Å². The minimum atomic E-state index is -4.31. The predicted molar refractivity (Wildman–Crippen MR) is 80.4 cm³/mol. The average molecular weight is 292 g/mol. The minimum Gasteiger partial charge on any atom is -0.166 e. The van der Waals surface area contributed by atoms with Gasteiger partial charge in [0.05, 0.1) is 5.56 Å². The van der Waals surface area contributed by atoms with E-state index in [-0.39, 0.29) is 0 Å². The maximum atomic E-state index is 12.9. The lowest BCUT2D eigenvalue weighted by Crippen LogP contribution is -2.06. The molecular formula is C18H19F3. The molecule has 0 amide bonds. The Kier molecular flexibility index (Phi) is 4.40. The molecule has 0 atom stereocenters. The molecule has 0 N–H and O–H groups in total. The van der Waals surface area contributed by atoms with Crippen LogP contribution in [-0.4, -0.2) is 0 Å². The molecule has 2 aromatic rings. The third-order valence-corrected chi connectivity index (χ3v) is 3.86. The molecule has 0 nitrogen and oxygen atoms in total. The van der Waals surface area contributed by atoms with E-state index < -0.39 is 11.7 Å². The first-order valence-electron chi connectivity index (χ1n) is 7.17. The quantitative estimate of drug-likeness (QED) is 0.670. The maximum Gasteiger partial charge on any atom is 0.416 e. The molecular weight excluding hydrogens is 273 g/mol. The molecule has 0 aliphatic carbocycles. The second kappa shape index (κ2) is 5.92. The van der Waals surface area contributed by atoms with Crippen molar-refractivity contribution in [2.45, 2.75) is 39.8 Å². The van der Waals surface area contributed by atoms with Gasteiger partial charge in [0.15, 0.2) is 0 Å². The van der Waals surface area contributed by atoms with Gasteiger partial charge in [0.1, 0.15) is 0 Å². The van der Waals surface area contributed by atoms with Crippen molar-refractivity contribution in [1.29, 1.82) is 0 Å². The van der Waals surface area contributed by atoms with Crippen molar-refractivity contribution < 1.29 is 13.2 Å². The molecule has 0 aliphatic heterocycles. The summed E-state index contributed by atoms with van der Waals surface area (Å²) in [7, 11) is 0. The van der Waals surface area contributed by atoms with Crippen molar-refractivity contribution in [1.82, 2.24) is 0 Å². The van der Waals surface area contributed by atoms with Gasteiger partial charge in [-0.3, -0.25) is 0 Å². The lowest BCUT2D eigenvalue weighted by atomic mass is 9.89. The Morgan fingerprint density at radius 2 is 1.62 bits per heavy atom. The maximum absolute atomic E-state index is 12.9. The predicted octanol–water partition coefficient (Wildman–Crippen LogP) is 5.81. The van der Waals surface area contributed by atoms with Crippen LogP contribution < -0.4 is 0 Å². The van der Waals surface area contributed by atoms with Crippen LogP contribution in [0.5, 0.6) is 0 Å². The van der Waals surface area contributed by atoms with Gasteiger partial charge in [-0.15, -0.1) is 0 Å². The number of halogens is 3. The normalized spacial score (nSPS) is 11.7. The van der Waals surface area contributed by atoms with E-state index in [0.29, 0.717) is 5.56 Å². The van der Waals surface area contributed by atoms with Gasteiger partial charge in [-0.05, 0) is 59.7 Å². The van der Waals surface area contributed by atoms with Gasteiger partial charge in [0.2, 0.25) is 0 Å². The number of hydrogen-bond acceptors (Lipinski definition) is 0. The van der Waals surface area contributed by atoms with Crippen molar-refractivity contribution in [3.63, 3.8) is 0 Å². The highest BCUT2D eigenvalue weighted by Crippen LogP contribution is 2.35. The van der Waals surface area contributed by atoms with E-state index in [0.717, 1.165) is 35.6 Å². The summed E-state index contributed by atoms with van der Waals surface area (Å²) in [5.74, 6) is 0. The van der Waals surface area contributed by atoms with Crippen LogP contribution >= 0.6 is 0 Å². The van der Waals surface area contributed by atoms with Crippen LogP contribution in [0.3, 0.4) is 0 Å². The molecule has 112 valence electrons. The Morgan fingerprint density at radius 3 is 2.19 bits per heavy atom. The van der Waals surface area contributed by atoms with Gasteiger partial charge in [-0.1, -0.05) is 38.1 Å². The summed E-state index contributed by atoms with van der Waals surface area (Å²) in [6.45, 7) is 5.96. The number of benzene rings is 2. The lowest BCUT2D eigenvalue weighted by molar-refractivity contribution is -0.137. The fourth-order valence-electron chi connectivity index (χ4n) is 2.72. The van der Waals surface area contributed by atoms with Gasteiger partial charge in [0, 0.05) is 0 Å². The first-order chi connectivity index (χ1) is 9.88. The Balaban J connectivity index is 2.67. The van der Waals surface area contributed by atoms with Gasteiger partial charge in [-0.2, -0.15) is 13.2 Å². The number of hydrogen-bond donors (Lipinski definition) is 0. The van der Waals surface area contributed by atoms with Gasteiger partial charge >= 0.3 is 6.18 Å². The van der Waals surface area contributed by atoms with Gasteiger partial charge < -0.3 is 0 Å². The summed E-state index contributed by atoms with van der Waals surface area (Å²) >= 11 is 0. The summed E-state index contributed by atoms with van der Waals surface area (Å²) in [4.78, 5) is 0. The van der Waals surface area contributed by atoms with Crippen LogP contribution in [0.15, 0.2) is 36.4 Å². The number of alkyl halides is 3.